The summed E-state index contributed by atoms with van der Waals surface area (Å²) >= 11 is 0. The average Bonchev–Trinajstić information content (AvgIpc) is 2.41. The van der Waals surface area contributed by atoms with Crippen molar-refractivity contribution in [2.75, 3.05) is 33.7 Å². The summed E-state index contributed by atoms with van der Waals surface area (Å²) in [5.74, 6) is 0. The van der Waals surface area contributed by atoms with Gasteiger partial charge in [0.1, 0.15) is 0 Å². The Bertz CT molecular complexity index is 354. The van der Waals surface area contributed by atoms with E-state index < -0.39 is 0 Å². The predicted octanol–water partition coefficient (Wildman–Crippen LogP) is 1.11. The number of likely N-dealkylation sites (tertiary alicyclic amines) is 1. The van der Waals surface area contributed by atoms with Crippen LogP contribution in [0.2, 0.25) is 0 Å². The molecular weight excluding hydrogens is 224 g/mol. The van der Waals surface area contributed by atoms with Gasteiger partial charge in [0.2, 0.25) is 0 Å². The zero-order valence-corrected chi connectivity index (χ0v) is 11.4. The van der Waals surface area contributed by atoms with Crippen molar-refractivity contribution in [2.24, 2.45) is 5.73 Å². The van der Waals surface area contributed by atoms with Crippen LogP contribution in [0.25, 0.3) is 0 Å². The Morgan fingerprint density at radius 3 is 3.06 bits per heavy atom. The minimum absolute atomic E-state index is 0.273. The first-order chi connectivity index (χ1) is 8.72. The van der Waals surface area contributed by atoms with Gasteiger partial charge >= 0.3 is 0 Å². The summed E-state index contributed by atoms with van der Waals surface area (Å²) in [5, 5.41) is 0. The molecule has 1 saturated heterocycles. The summed E-state index contributed by atoms with van der Waals surface area (Å²) in [6.45, 7) is 2.99. The molecule has 1 fully saturated rings. The van der Waals surface area contributed by atoms with Crippen LogP contribution in [-0.4, -0.2) is 54.6 Å². The molecule has 0 amide bonds. The number of hydrogen-bond donors (Lipinski definition) is 1. The molecule has 0 aromatic carbocycles. The summed E-state index contributed by atoms with van der Waals surface area (Å²) in [5.41, 5.74) is 7.18. The van der Waals surface area contributed by atoms with Crippen molar-refractivity contribution in [1.29, 1.82) is 0 Å². The second-order valence-corrected chi connectivity index (χ2v) is 5.26. The van der Waals surface area contributed by atoms with Crippen LogP contribution in [0.1, 0.15) is 24.4 Å². The molecule has 18 heavy (non-hydrogen) atoms. The smallest absolute Gasteiger partial charge is 0.0486 e. The van der Waals surface area contributed by atoms with Gasteiger partial charge in [-0.15, -0.1) is 0 Å². The van der Waals surface area contributed by atoms with Crippen LogP contribution in [0.4, 0.5) is 0 Å². The zero-order chi connectivity index (χ0) is 13.0. The van der Waals surface area contributed by atoms with E-state index in [1.165, 1.54) is 24.9 Å². The van der Waals surface area contributed by atoms with Gasteiger partial charge in [-0.25, -0.2) is 0 Å². The first-order valence-corrected chi connectivity index (χ1v) is 6.73. The standard InChI is InChI=1S/C14H24N4/c1-17-8-4-6-13(11-17)18(2)14(9-15)12-5-3-7-16-10-12/h3,5,7,10,13-14H,4,6,8-9,11,15H2,1-2H3. The fraction of sp³-hybridized carbons (Fsp3) is 0.643. The summed E-state index contributed by atoms with van der Waals surface area (Å²) in [7, 11) is 4.38. The Balaban J connectivity index is 2.07. The van der Waals surface area contributed by atoms with Crippen LogP contribution in [0.3, 0.4) is 0 Å². The highest BCUT2D eigenvalue weighted by Gasteiger charge is 2.26. The predicted molar refractivity (Wildman–Crippen MR) is 74.3 cm³/mol. The Morgan fingerprint density at radius 1 is 1.61 bits per heavy atom. The first-order valence-electron chi connectivity index (χ1n) is 6.73. The van der Waals surface area contributed by atoms with E-state index in [0.717, 1.165) is 6.54 Å². The van der Waals surface area contributed by atoms with E-state index in [2.05, 4.69) is 34.9 Å². The molecule has 1 aliphatic rings. The highest BCUT2D eigenvalue weighted by molar-refractivity contribution is 5.14. The van der Waals surface area contributed by atoms with E-state index in [1.54, 1.807) is 0 Å². The Kier molecular flexibility index (Phi) is 4.69. The topological polar surface area (TPSA) is 45.4 Å². The molecule has 0 spiro atoms. The summed E-state index contributed by atoms with van der Waals surface area (Å²) in [4.78, 5) is 9.03. The monoisotopic (exact) mass is 248 g/mol. The number of pyridine rings is 1. The number of nitrogens with two attached hydrogens (primary N) is 1. The van der Waals surface area contributed by atoms with E-state index >= 15 is 0 Å². The molecule has 0 bridgehead atoms. The van der Waals surface area contributed by atoms with E-state index in [4.69, 9.17) is 5.73 Å². The maximum Gasteiger partial charge on any atom is 0.0486 e. The third-order valence-corrected chi connectivity index (χ3v) is 3.96. The molecule has 4 heteroatoms. The van der Waals surface area contributed by atoms with E-state index in [9.17, 15) is 0 Å². The molecule has 2 N–H and O–H groups in total. The molecule has 2 rings (SSSR count). The molecule has 1 aliphatic heterocycles. The molecular formula is C14H24N4. The Labute approximate surface area is 110 Å². The second kappa shape index (κ2) is 6.27. The molecule has 0 radical (unpaired) electrons. The van der Waals surface area contributed by atoms with Gasteiger partial charge in [0.25, 0.3) is 0 Å². The number of likely N-dealkylation sites (N-methyl/N-ethyl adjacent to an activating group) is 2. The van der Waals surface area contributed by atoms with E-state index in [1.807, 2.05) is 18.5 Å². The lowest BCUT2D eigenvalue weighted by molar-refractivity contribution is 0.101. The highest BCUT2D eigenvalue weighted by Crippen LogP contribution is 2.23. The Hall–Kier alpha value is -0.970. The van der Waals surface area contributed by atoms with Gasteiger partial charge in [0.05, 0.1) is 0 Å². The number of piperidine rings is 1. The van der Waals surface area contributed by atoms with Crippen molar-refractivity contribution < 1.29 is 0 Å². The molecule has 100 valence electrons. The largest absolute Gasteiger partial charge is 0.329 e. The summed E-state index contributed by atoms with van der Waals surface area (Å²) in [6.07, 6.45) is 6.28. The number of aromatic nitrogens is 1. The van der Waals surface area contributed by atoms with Crippen molar-refractivity contribution in [3.8, 4) is 0 Å². The lowest BCUT2D eigenvalue weighted by atomic mass is 10.0. The normalized spacial score (nSPS) is 23.2. The third-order valence-electron chi connectivity index (χ3n) is 3.96. The Morgan fingerprint density at radius 2 is 2.44 bits per heavy atom. The van der Waals surface area contributed by atoms with Gasteiger partial charge in [-0.1, -0.05) is 6.07 Å². The SMILES string of the molecule is CN1CCCC(N(C)C(CN)c2cccnc2)C1. The zero-order valence-electron chi connectivity index (χ0n) is 11.4. The average molecular weight is 248 g/mol. The third kappa shape index (κ3) is 3.07. The number of rotatable bonds is 4. The second-order valence-electron chi connectivity index (χ2n) is 5.26. The fourth-order valence-electron chi connectivity index (χ4n) is 2.84. The quantitative estimate of drug-likeness (QED) is 0.867. The molecule has 4 nitrogen and oxygen atoms in total. The number of hydrogen-bond acceptors (Lipinski definition) is 4. The van der Waals surface area contributed by atoms with Crippen molar-refractivity contribution in [1.82, 2.24) is 14.8 Å². The summed E-state index contributed by atoms with van der Waals surface area (Å²) in [6, 6.07) is 4.97. The minimum Gasteiger partial charge on any atom is -0.329 e. The van der Waals surface area contributed by atoms with Crippen molar-refractivity contribution in [3.63, 3.8) is 0 Å². The first kappa shape index (κ1) is 13.5. The van der Waals surface area contributed by atoms with Gasteiger partial charge in [0, 0.05) is 37.6 Å². The van der Waals surface area contributed by atoms with Gasteiger partial charge in [-0.2, -0.15) is 0 Å². The van der Waals surface area contributed by atoms with Crippen LogP contribution < -0.4 is 5.73 Å². The van der Waals surface area contributed by atoms with E-state index in [-0.39, 0.29) is 6.04 Å². The molecule has 1 aromatic rings. The number of nitrogens with zero attached hydrogens (tertiary/aromatic N) is 3. The maximum atomic E-state index is 5.96. The molecule has 0 saturated carbocycles. The van der Waals surface area contributed by atoms with Crippen LogP contribution in [0.15, 0.2) is 24.5 Å². The van der Waals surface area contributed by atoms with E-state index in [0.29, 0.717) is 12.6 Å². The van der Waals surface area contributed by atoms with Gasteiger partial charge in [-0.05, 0) is 45.1 Å². The van der Waals surface area contributed by atoms with Crippen LogP contribution in [0, 0.1) is 0 Å². The van der Waals surface area contributed by atoms with Crippen LogP contribution in [-0.2, 0) is 0 Å². The fourth-order valence-corrected chi connectivity index (χ4v) is 2.84. The minimum atomic E-state index is 0.273. The molecule has 2 heterocycles. The van der Waals surface area contributed by atoms with Crippen molar-refractivity contribution in [3.05, 3.63) is 30.1 Å². The lowest BCUT2D eigenvalue weighted by Crippen LogP contribution is -2.47. The van der Waals surface area contributed by atoms with Crippen molar-refractivity contribution >= 4 is 0 Å². The van der Waals surface area contributed by atoms with Crippen LogP contribution >= 0.6 is 0 Å². The van der Waals surface area contributed by atoms with Crippen LogP contribution in [0.5, 0.6) is 0 Å². The van der Waals surface area contributed by atoms with Gasteiger partial charge in [0.15, 0.2) is 0 Å². The van der Waals surface area contributed by atoms with Gasteiger partial charge in [-0.3, -0.25) is 9.88 Å². The molecule has 0 aliphatic carbocycles. The summed E-state index contributed by atoms with van der Waals surface area (Å²) < 4.78 is 0. The molecule has 2 unspecified atom stereocenters. The lowest BCUT2D eigenvalue weighted by Gasteiger charge is -2.39. The molecule has 2 atom stereocenters. The van der Waals surface area contributed by atoms with Gasteiger partial charge < -0.3 is 10.6 Å². The highest BCUT2D eigenvalue weighted by atomic mass is 15.2. The maximum absolute atomic E-state index is 5.96. The van der Waals surface area contributed by atoms with Crippen molar-refractivity contribution in [2.45, 2.75) is 24.9 Å². The molecule has 1 aromatic heterocycles.